The number of carbonyl (C=O) groups excluding carboxylic acids is 1. The number of ether oxygens (including phenoxy) is 1. The Morgan fingerprint density at radius 2 is 2.18 bits per heavy atom. The molecule has 1 aliphatic heterocycles. The molecule has 17 heavy (non-hydrogen) atoms. The van der Waals surface area contributed by atoms with Gasteiger partial charge in [0, 0.05) is 11.6 Å². The van der Waals surface area contributed by atoms with Crippen LogP contribution in [0.5, 0.6) is 5.75 Å². The first kappa shape index (κ1) is 10.6. The van der Waals surface area contributed by atoms with E-state index in [1.807, 2.05) is 18.2 Å². The molecule has 1 aromatic rings. The van der Waals surface area contributed by atoms with Gasteiger partial charge in [0.25, 0.3) is 0 Å². The van der Waals surface area contributed by atoms with E-state index in [-0.39, 0.29) is 11.8 Å². The van der Waals surface area contributed by atoms with Gasteiger partial charge in [-0.05, 0) is 49.4 Å². The van der Waals surface area contributed by atoms with Crippen LogP contribution in [0.2, 0.25) is 0 Å². The molecule has 2 aliphatic rings. The summed E-state index contributed by atoms with van der Waals surface area (Å²) >= 11 is 0. The first-order chi connectivity index (χ1) is 8.33. The van der Waals surface area contributed by atoms with Crippen LogP contribution in [-0.4, -0.2) is 12.5 Å². The maximum absolute atomic E-state index is 11.8. The zero-order valence-electron chi connectivity index (χ0n) is 9.87. The molecule has 1 N–H and O–H groups in total. The van der Waals surface area contributed by atoms with Gasteiger partial charge in [-0.25, -0.2) is 0 Å². The Labute approximate surface area is 101 Å². The van der Waals surface area contributed by atoms with Crippen molar-refractivity contribution >= 4 is 11.6 Å². The van der Waals surface area contributed by atoms with Gasteiger partial charge in [-0.2, -0.15) is 0 Å². The largest absolute Gasteiger partial charge is 0.493 e. The van der Waals surface area contributed by atoms with Crippen LogP contribution >= 0.6 is 0 Å². The third-order valence-corrected chi connectivity index (χ3v) is 3.65. The van der Waals surface area contributed by atoms with Crippen molar-refractivity contribution in [2.24, 2.45) is 5.92 Å². The normalized spacial score (nSPS) is 18.8. The maximum Gasteiger partial charge on any atom is 0.227 e. The van der Waals surface area contributed by atoms with Crippen molar-refractivity contribution in [2.45, 2.75) is 32.1 Å². The van der Waals surface area contributed by atoms with Crippen LogP contribution in [0.1, 0.15) is 31.2 Å². The van der Waals surface area contributed by atoms with Crippen LogP contribution in [0.25, 0.3) is 0 Å². The molecule has 0 radical (unpaired) electrons. The Balaban J connectivity index is 1.72. The second-order valence-corrected chi connectivity index (χ2v) is 4.89. The molecule has 1 aliphatic carbocycles. The average molecular weight is 231 g/mol. The minimum absolute atomic E-state index is 0.174. The van der Waals surface area contributed by atoms with Crippen LogP contribution in [0, 0.1) is 5.92 Å². The summed E-state index contributed by atoms with van der Waals surface area (Å²) in [4.78, 5) is 11.8. The lowest BCUT2D eigenvalue weighted by Crippen LogP contribution is -2.28. The third kappa shape index (κ3) is 2.14. The van der Waals surface area contributed by atoms with E-state index >= 15 is 0 Å². The van der Waals surface area contributed by atoms with E-state index in [9.17, 15) is 4.79 Å². The predicted molar refractivity (Wildman–Crippen MR) is 66.2 cm³/mol. The minimum Gasteiger partial charge on any atom is -0.493 e. The monoisotopic (exact) mass is 231 g/mol. The molecule has 1 fully saturated rings. The van der Waals surface area contributed by atoms with Crippen molar-refractivity contribution in [3.8, 4) is 5.75 Å². The van der Waals surface area contributed by atoms with Crippen LogP contribution in [0.15, 0.2) is 18.2 Å². The molecular formula is C14H17NO2. The Morgan fingerprint density at radius 3 is 2.94 bits per heavy atom. The molecule has 1 aromatic carbocycles. The topological polar surface area (TPSA) is 38.3 Å². The summed E-state index contributed by atoms with van der Waals surface area (Å²) in [5, 5.41) is 3.00. The summed E-state index contributed by atoms with van der Waals surface area (Å²) < 4.78 is 5.55. The van der Waals surface area contributed by atoms with E-state index in [4.69, 9.17) is 4.74 Å². The second-order valence-electron chi connectivity index (χ2n) is 4.89. The first-order valence-corrected chi connectivity index (χ1v) is 6.39. The molecule has 0 aromatic heterocycles. The molecule has 0 atom stereocenters. The molecule has 3 heteroatoms. The van der Waals surface area contributed by atoms with E-state index in [2.05, 4.69) is 5.32 Å². The smallest absolute Gasteiger partial charge is 0.227 e. The summed E-state index contributed by atoms with van der Waals surface area (Å²) in [7, 11) is 0. The third-order valence-electron chi connectivity index (χ3n) is 3.65. The summed E-state index contributed by atoms with van der Waals surface area (Å²) in [6, 6.07) is 5.94. The van der Waals surface area contributed by atoms with Gasteiger partial charge in [-0.15, -0.1) is 0 Å². The van der Waals surface area contributed by atoms with E-state index in [1.54, 1.807) is 0 Å². The Bertz CT molecular complexity index is 438. The first-order valence-electron chi connectivity index (χ1n) is 6.39. The van der Waals surface area contributed by atoms with E-state index in [0.29, 0.717) is 0 Å². The number of carbonyl (C=O) groups is 1. The van der Waals surface area contributed by atoms with Crippen molar-refractivity contribution in [1.29, 1.82) is 0 Å². The number of rotatable bonds is 2. The molecule has 1 heterocycles. The van der Waals surface area contributed by atoms with Crippen molar-refractivity contribution in [3.05, 3.63) is 23.8 Å². The van der Waals surface area contributed by atoms with E-state index in [1.165, 1.54) is 12.0 Å². The van der Waals surface area contributed by atoms with Crippen molar-refractivity contribution < 1.29 is 9.53 Å². The summed E-state index contributed by atoms with van der Waals surface area (Å²) in [6.07, 6.45) is 5.38. The van der Waals surface area contributed by atoms with Crippen LogP contribution in [-0.2, 0) is 11.2 Å². The lowest BCUT2D eigenvalue weighted by Gasteiger charge is -2.24. The number of fused-ring (bicyclic) bond motifs is 1. The molecule has 0 spiro atoms. The zero-order valence-corrected chi connectivity index (χ0v) is 9.87. The highest BCUT2D eigenvalue weighted by molar-refractivity contribution is 5.93. The molecular weight excluding hydrogens is 214 g/mol. The summed E-state index contributed by atoms with van der Waals surface area (Å²) in [5.41, 5.74) is 2.12. The second kappa shape index (κ2) is 4.40. The number of amides is 1. The number of hydrogen-bond acceptors (Lipinski definition) is 2. The average Bonchev–Trinajstić information content (AvgIpc) is 2.26. The van der Waals surface area contributed by atoms with Gasteiger partial charge in [0.15, 0.2) is 0 Å². The maximum atomic E-state index is 11.8. The number of nitrogens with one attached hydrogen (secondary N) is 1. The van der Waals surface area contributed by atoms with Crippen molar-refractivity contribution in [3.63, 3.8) is 0 Å². The lowest BCUT2D eigenvalue weighted by molar-refractivity contribution is -0.122. The molecule has 90 valence electrons. The SMILES string of the molecule is O=C(Nc1ccc2c(c1)CCCO2)C1CCC1. The molecule has 1 amide bonds. The Hall–Kier alpha value is -1.51. The molecule has 1 saturated carbocycles. The van der Waals surface area contributed by atoms with E-state index in [0.717, 1.165) is 43.7 Å². The molecule has 0 bridgehead atoms. The fourth-order valence-electron chi connectivity index (χ4n) is 2.35. The van der Waals surface area contributed by atoms with Gasteiger partial charge in [0.2, 0.25) is 5.91 Å². The highest BCUT2D eigenvalue weighted by atomic mass is 16.5. The van der Waals surface area contributed by atoms with Gasteiger partial charge in [-0.3, -0.25) is 4.79 Å². The predicted octanol–water partition coefficient (Wildman–Crippen LogP) is 2.75. The number of aryl methyl sites for hydroxylation is 1. The number of anilines is 1. The molecule has 3 nitrogen and oxygen atoms in total. The summed E-state index contributed by atoms with van der Waals surface area (Å²) in [6.45, 7) is 0.806. The van der Waals surface area contributed by atoms with Crippen molar-refractivity contribution in [2.75, 3.05) is 11.9 Å². The van der Waals surface area contributed by atoms with Gasteiger partial charge >= 0.3 is 0 Å². The molecule has 3 rings (SSSR count). The van der Waals surface area contributed by atoms with Gasteiger partial charge in [-0.1, -0.05) is 6.42 Å². The fraction of sp³-hybridized carbons (Fsp3) is 0.500. The molecule has 0 unspecified atom stereocenters. The van der Waals surface area contributed by atoms with Gasteiger partial charge in [0.05, 0.1) is 6.61 Å². The highest BCUT2D eigenvalue weighted by Gasteiger charge is 2.25. The minimum atomic E-state index is 0.174. The van der Waals surface area contributed by atoms with Crippen molar-refractivity contribution in [1.82, 2.24) is 0 Å². The quantitative estimate of drug-likeness (QED) is 0.850. The number of hydrogen-bond donors (Lipinski definition) is 1. The highest BCUT2D eigenvalue weighted by Crippen LogP contribution is 2.30. The molecule has 0 saturated heterocycles. The number of benzene rings is 1. The Kier molecular flexibility index (Phi) is 2.75. The van der Waals surface area contributed by atoms with Crippen LogP contribution in [0.4, 0.5) is 5.69 Å². The van der Waals surface area contributed by atoms with E-state index < -0.39 is 0 Å². The lowest BCUT2D eigenvalue weighted by atomic mass is 9.85. The van der Waals surface area contributed by atoms with Crippen LogP contribution in [0.3, 0.4) is 0 Å². The zero-order chi connectivity index (χ0) is 11.7. The Morgan fingerprint density at radius 1 is 1.29 bits per heavy atom. The van der Waals surface area contributed by atoms with Gasteiger partial charge in [0.1, 0.15) is 5.75 Å². The fourth-order valence-corrected chi connectivity index (χ4v) is 2.35. The van der Waals surface area contributed by atoms with Crippen LogP contribution < -0.4 is 10.1 Å². The standard InChI is InChI=1S/C14H17NO2/c16-14(10-3-1-4-10)15-12-6-7-13-11(9-12)5-2-8-17-13/h6-7,9-10H,1-5,8H2,(H,15,16). The summed E-state index contributed by atoms with van der Waals surface area (Å²) in [5.74, 6) is 1.38. The van der Waals surface area contributed by atoms with Gasteiger partial charge < -0.3 is 10.1 Å².